The number of ketones is 1. The van der Waals surface area contributed by atoms with Gasteiger partial charge in [0.15, 0.2) is 5.78 Å². The van der Waals surface area contributed by atoms with Crippen LogP contribution in [0, 0.1) is 5.92 Å². The minimum absolute atomic E-state index is 0.0168. The largest absolute Gasteiger partial charge is 0.379 e. The van der Waals surface area contributed by atoms with E-state index in [1.807, 2.05) is 30.3 Å². The number of benzene rings is 3. The molecule has 4 nitrogen and oxygen atoms in total. The van der Waals surface area contributed by atoms with Gasteiger partial charge >= 0.3 is 0 Å². The van der Waals surface area contributed by atoms with E-state index in [1.54, 1.807) is 0 Å². The monoisotopic (exact) mass is 452 g/mol. The molecular weight excluding hydrogens is 420 g/mol. The van der Waals surface area contributed by atoms with E-state index in [2.05, 4.69) is 77.5 Å². The number of nitrogens with zero attached hydrogens (tertiary/aromatic N) is 2. The first kappa shape index (κ1) is 22.6. The Morgan fingerprint density at radius 1 is 0.853 bits per heavy atom. The quantitative estimate of drug-likeness (QED) is 0.495. The van der Waals surface area contributed by atoms with E-state index in [0.29, 0.717) is 6.54 Å². The predicted molar refractivity (Wildman–Crippen MR) is 137 cm³/mol. The van der Waals surface area contributed by atoms with Crippen LogP contribution < -0.4 is 0 Å². The summed E-state index contributed by atoms with van der Waals surface area (Å²) in [6, 6.07) is 31.0. The van der Waals surface area contributed by atoms with Crippen LogP contribution in [0.15, 0.2) is 96.6 Å². The maximum Gasteiger partial charge on any atom is 0.168 e. The third kappa shape index (κ3) is 4.70. The molecule has 2 aliphatic heterocycles. The zero-order chi connectivity index (χ0) is 23.3. The van der Waals surface area contributed by atoms with Crippen LogP contribution in [0.5, 0.6) is 0 Å². The lowest BCUT2D eigenvalue weighted by Crippen LogP contribution is -2.44. The minimum atomic E-state index is -0.154. The third-order valence-corrected chi connectivity index (χ3v) is 7.03. The number of hydrogen-bond acceptors (Lipinski definition) is 4. The van der Waals surface area contributed by atoms with E-state index in [-0.39, 0.29) is 17.6 Å². The van der Waals surface area contributed by atoms with Crippen LogP contribution >= 0.6 is 0 Å². The summed E-state index contributed by atoms with van der Waals surface area (Å²) in [6.07, 6.45) is 0. The predicted octanol–water partition coefficient (Wildman–Crippen LogP) is 4.96. The Labute approximate surface area is 202 Å². The summed E-state index contributed by atoms with van der Waals surface area (Å²) in [5.41, 5.74) is 5.78. The molecular formula is C30H32N2O2. The molecule has 1 fully saturated rings. The van der Waals surface area contributed by atoms with Crippen LogP contribution in [0.1, 0.15) is 27.4 Å². The molecule has 0 aliphatic carbocycles. The fraction of sp³-hybridized carbons (Fsp3) is 0.300. The molecule has 3 aromatic carbocycles. The van der Waals surface area contributed by atoms with Gasteiger partial charge in [0, 0.05) is 50.4 Å². The van der Waals surface area contributed by atoms with E-state index in [1.165, 1.54) is 22.4 Å². The maximum absolute atomic E-state index is 13.9. The summed E-state index contributed by atoms with van der Waals surface area (Å²) in [4.78, 5) is 18.7. The first-order valence-corrected chi connectivity index (χ1v) is 12.2. The van der Waals surface area contributed by atoms with E-state index < -0.39 is 0 Å². The SMILES string of the molecule is CN1C[C@H](C(=O)c2ccccc2)[C@@H](c2ccccc2)C(CN2CCOCC2)=C1c1ccccc1. The number of hydrogen-bond donors (Lipinski definition) is 0. The molecule has 0 N–H and O–H groups in total. The molecule has 2 atom stereocenters. The highest BCUT2D eigenvalue weighted by molar-refractivity contribution is 5.99. The zero-order valence-electron chi connectivity index (χ0n) is 19.8. The number of ether oxygens (including phenoxy) is 1. The fourth-order valence-corrected chi connectivity index (χ4v) is 5.45. The fourth-order valence-electron chi connectivity index (χ4n) is 5.45. The van der Waals surface area contributed by atoms with Crippen molar-refractivity contribution in [2.24, 2.45) is 5.92 Å². The summed E-state index contributed by atoms with van der Waals surface area (Å²) in [5, 5.41) is 0. The third-order valence-electron chi connectivity index (χ3n) is 7.03. The van der Waals surface area contributed by atoms with E-state index in [4.69, 9.17) is 4.74 Å². The van der Waals surface area contributed by atoms with Crippen LogP contribution in [0.4, 0.5) is 0 Å². The number of Topliss-reactive ketones (excluding diaryl/α,β-unsaturated/α-hetero) is 1. The topological polar surface area (TPSA) is 32.8 Å². The van der Waals surface area contributed by atoms with Gasteiger partial charge in [-0.1, -0.05) is 91.0 Å². The van der Waals surface area contributed by atoms with Gasteiger partial charge in [-0.25, -0.2) is 0 Å². The average Bonchev–Trinajstić information content (AvgIpc) is 2.90. The molecule has 1 saturated heterocycles. The molecule has 0 amide bonds. The van der Waals surface area contributed by atoms with Gasteiger partial charge in [-0.15, -0.1) is 0 Å². The lowest BCUT2D eigenvalue weighted by Gasteiger charge is -2.43. The average molecular weight is 453 g/mol. The summed E-state index contributed by atoms with van der Waals surface area (Å²) < 4.78 is 5.63. The second-order valence-corrected chi connectivity index (χ2v) is 9.23. The first-order chi connectivity index (χ1) is 16.7. The van der Waals surface area contributed by atoms with Crippen molar-refractivity contribution in [1.29, 1.82) is 0 Å². The second kappa shape index (κ2) is 10.4. The Bertz CT molecular complexity index is 1120. The summed E-state index contributed by atoms with van der Waals surface area (Å²) in [6.45, 7) is 4.85. The number of morpholine rings is 1. The van der Waals surface area contributed by atoms with Crippen LogP contribution in [0.25, 0.3) is 5.70 Å². The van der Waals surface area contributed by atoms with Crippen molar-refractivity contribution >= 4 is 11.5 Å². The van der Waals surface area contributed by atoms with E-state index in [9.17, 15) is 4.79 Å². The van der Waals surface area contributed by atoms with Crippen molar-refractivity contribution in [3.8, 4) is 0 Å². The van der Waals surface area contributed by atoms with Crippen molar-refractivity contribution in [2.75, 3.05) is 46.4 Å². The molecule has 2 heterocycles. The van der Waals surface area contributed by atoms with Crippen molar-refractivity contribution in [3.63, 3.8) is 0 Å². The number of carbonyl (C=O) groups excluding carboxylic acids is 1. The van der Waals surface area contributed by atoms with Crippen molar-refractivity contribution in [1.82, 2.24) is 9.80 Å². The molecule has 0 radical (unpaired) electrons. The summed E-state index contributed by atoms with van der Waals surface area (Å²) >= 11 is 0. The van der Waals surface area contributed by atoms with Crippen molar-refractivity contribution < 1.29 is 9.53 Å². The van der Waals surface area contributed by atoms with Gasteiger partial charge in [0.25, 0.3) is 0 Å². The van der Waals surface area contributed by atoms with Crippen molar-refractivity contribution in [3.05, 3.63) is 113 Å². The molecule has 34 heavy (non-hydrogen) atoms. The van der Waals surface area contributed by atoms with Gasteiger partial charge in [-0.05, 0) is 16.7 Å². The first-order valence-electron chi connectivity index (χ1n) is 12.2. The Morgan fingerprint density at radius 2 is 1.44 bits per heavy atom. The molecule has 5 rings (SSSR count). The standard InChI is InChI=1S/C30H32N2O2/c1-31-21-27(30(33)25-15-9-4-10-16-25)28(23-11-5-2-6-12-23)26(22-32-17-19-34-20-18-32)29(31)24-13-7-3-8-14-24/h2-16,27-28H,17-22H2,1H3/t27-,28-/m0/s1. The lowest BCUT2D eigenvalue weighted by atomic mass is 9.72. The molecule has 0 spiro atoms. The van der Waals surface area contributed by atoms with Crippen molar-refractivity contribution in [2.45, 2.75) is 5.92 Å². The number of rotatable bonds is 6. The van der Waals surface area contributed by atoms with Gasteiger partial charge in [-0.3, -0.25) is 9.69 Å². The van der Waals surface area contributed by atoms with Gasteiger partial charge in [0.2, 0.25) is 0 Å². The Hall–Kier alpha value is -3.21. The number of carbonyl (C=O) groups is 1. The van der Waals surface area contributed by atoms with Crippen LogP contribution in [-0.2, 0) is 4.74 Å². The normalized spacial score (nSPS) is 21.5. The minimum Gasteiger partial charge on any atom is -0.379 e. The lowest BCUT2D eigenvalue weighted by molar-refractivity contribution is 0.0408. The molecule has 3 aromatic rings. The van der Waals surface area contributed by atoms with Crippen LogP contribution in [0.3, 0.4) is 0 Å². The zero-order valence-corrected chi connectivity index (χ0v) is 19.8. The van der Waals surface area contributed by atoms with Crippen LogP contribution in [-0.4, -0.2) is 62.0 Å². The highest BCUT2D eigenvalue weighted by Gasteiger charge is 2.40. The highest BCUT2D eigenvalue weighted by Crippen LogP contribution is 2.44. The van der Waals surface area contributed by atoms with Gasteiger partial charge in [0.1, 0.15) is 0 Å². The molecule has 174 valence electrons. The molecule has 0 aromatic heterocycles. The van der Waals surface area contributed by atoms with E-state index >= 15 is 0 Å². The molecule has 0 bridgehead atoms. The summed E-state index contributed by atoms with van der Waals surface area (Å²) in [7, 11) is 2.13. The van der Waals surface area contributed by atoms with Gasteiger partial charge in [0.05, 0.1) is 19.1 Å². The summed E-state index contributed by atoms with van der Waals surface area (Å²) in [5.74, 6) is 0.0781. The van der Waals surface area contributed by atoms with Crippen LogP contribution in [0.2, 0.25) is 0 Å². The van der Waals surface area contributed by atoms with Gasteiger partial charge < -0.3 is 9.64 Å². The molecule has 4 heteroatoms. The highest BCUT2D eigenvalue weighted by atomic mass is 16.5. The molecule has 0 unspecified atom stereocenters. The van der Waals surface area contributed by atoms with Gasteiger partial charge in [-0.2, -0.15) is 0 Å². The Balaban J connectivity index is 1.66. The second-order valence-electron chi connectivity index (χ2n) is 9.23. The Kier molecular flexibility index (Phi) is 6.89. The molecule has 0 saturated carbocycles. The maximum atomic E-state index is 13.9. The molecule has 2 aliphatic rings. The van der Waals surface area contributed by atoms with E-state index in [0.717, 1.165) is 38.4 Å². The smallest absolute Gasteiger partial charge is 0.168 e. The Morgan fingerprint density at radius 3 is 2.09 bits per heavy atom.